The van der Waals surface area contributed by atoms with Crippen LogP contribution >= 0.6 is 0 Å². The monoisotopic (exact) mass is 430 g/mol. The summed E-state index contributed by atoms with van der Waals surface area (Å²) in [6, 6.07) is 9.94. The molecule has 1 aromatic carbocycles. The lowest BCUT2D eigenvalue weighted by molar-refractivity contribution is 0.241. The highest BCUT2D eigenvalue weighted by Crippen LogP contribution is 2.25. The van der Waals surface area contributed by atoms with E-state index in [4.69, 9.17) is 14.9 Å². The van der Waals surface area contributed by atoms with Crippen LogP contribution in [0, 0.1) is 0 Å². The van der Waals surface area contributed by atoms with Gasteiger partial charge in [-0.2, -0.15) is 14.6 Å². The summed E-state index contributed by atoms with van der Waals surface area (Å²) in [5.41, 5.74) is 10.2. The summed E-state index contributed by atoms with van der Waals surface area (Å²) in [6.07, 6.45) is 4.39. The number of rotatable bonds is 5. The van der Waals surface area contributed by atoms with Gasteiger partial charge in [-0.3, -0.25) is 4.90 Å². The Bertz CT molecular complexity index is 1420. The molecule has 1 aliphatic rings. The minimum Gasteiger partial charge on any atom is -0.497 e. The Labute approximate surface area is 183 Å². The standard InChI is InChI=1S/C22H22N8O2/c1-31-16-5-4-14-6-7-28(13-15(14)11-16)8-9-29-20-17(12-24-29)21-25-19(18-3-2-10-32-18)27-30(21)22(23)26-20/h2-5,10-12H,6-9,13H2,1H3,(H2,23,26). The molecule has 6 rings (SSSR count). The summed E-state index contributed by atoms with van der Waals surface area (Å²) in [6.45, 7) is 3.45. The van der Waals surface area contributed by atoms with Gasteiger partial charge in [-0.05, 0) is 41.8 Å². The summed E-state index contributed by atoms with van der Waals surface area (Å²) in [5.74, 6) is 2.20. The van der Waals surface area contributed by atoms with Crippen molar-refractivity contribution in [2.75, 3.05) is 25.9 Å². The summed E-state index contributed by atoms with van der Waals surface area (Å²) in [5, 5.41) is 9.80. The van der Waals surface area contributed by atoms with Crippen molar-refractivity contribution in [2.24, 2.45) is 0 Å². The minimum absolute atomic E-state index is 0.263. The third kappa shape index (κ3) is 3.07. The van der Waals surface area contributed by atoms with Crippen LogP contribution in [0.25, 0.3) is 28.3 Å². The lowest BCUT2D eigenvalue weighted by Crippen LogP contribution is -2.33. The highest BCUT2D eigenvalue weighted by molar-refractivity contribution is 5.90. The number of fused-ring (bicyclic) bond motifs is 4. The molecule has 0 spiro atoms. The van der Waals surface area contributed by atoms with E-state index in [-0.39, 0.29) is 5.95 Å². The van der Waals surface area contributed by atoms with Crippen molar-refractivity contribution in [1.82, 2.24) is 34.3 Å². The molecule has 162 valence electrons. The first kappa shape index (κ1) is 18.8. The van der Waals surface area contributed by atoms with Crippen LogP contribution in [-0.4, -0.2) is 54.5 Å². The second-order valence-electron chi connectivity index (χ2n) is 7.88. The van der Waals surface area contributed by atoms with E-state index in [1.807, 2.05) is 16.8 Å². The second-order valence-corrected chi connectivity index (χ2v) is 7.88. The van der Waals surface area contributed by atoms with Crippen molar-refractivity contribution >= 4 is 22.6 Å². The van der Waals surface area contributed by atoms with Crippen molar-refractivity contribution in [3.05, 3.63) is 53.9 Å². The lowest BCUT2D eigenvalue weighted by Gasteiger charge is -2.28. The van der Waals surface area contributed by atoms with Gasteiger partial charge in [-0.25, -0.2) is 9.67 Å². The normalized spacial score (nSPS) is 14.3. The molecule has 32 heavy (non-hydrogen) atoms. The first-order valence-corrected chi connectivity index (χ1v) is 10.5. The molecule has 5 heterocycles. The van der Waals surface area contributed by atoms with Crippen molar-refractivity contribution < 1.29 is 9.15 Å². The Balaban J connectivity index is 1.26. The number of benzene rings is 1. The summed E-state index contributed by atoms with van der Waals surface area (Å²) in [4.78, 5) is 11.6. The van der Waals surface area contributed by atoms with Gasteiger partial charge in [0.05, 0.1) is 31.5 Å². The molecule has 10 heteroatoms. The average Bonchev–Trinajstić information content (AvgIpc) is 3.56. The first-order valence-electron chi connectivity index (χ1n) is 10.5. The molecular weight excluding hydrogens is 408 g/mol. The Morgan fingerprint density at radius 1 is 1.12 bits per heavy atom. The van der Waals surface area contributed by atoms with Gasteiger partial charge in [0, 0.05) is 19.6 Å². The van der Waals surface area contributed by atoms with E-state index < -0.39 is 0 Å². The van der Waals surface area contributed by atoms with Gasteiger partial charge in [0.1, 0.15) is 5.75 Å². The van der Waals surface area contributed by atoms with E-state index in [1.165, 1.54) is 15.6 Å². The molecule has 0 bridgehead atoms. The highest BCUT2D eigenvalue weighted by Gasteiger charge is 2.20. The van der Waals surface area contributed by atoms with E-state index in [0.717, 1.165) is 37.2 Å². The maximum atomic E-state index is 6.19. The lowest BCUT2D eigenvalue weighted by atomic mass is 9.99. The van der Waals surface area contributed by atoms with E-state index >= 15 is 0 Å². The van der Waals surface area contributed by atoms with Gasteiger partial charge in [-0.15, -0.1) is 5.10 Å². The maximum absolute atomic E-state index is 6.19. The largest absolute Gasteiger partial charge is 0.497 e. The minimum atomic E-state index is 0.263. The van der Waals surface area contributed by atoms with E-state index in [0.29, 0.717) is 29.4 Å². The predicted octanol–water partition coefficient (Wildman–Crippen LogP) is 2.38. The molecule has 0 unspecified atom stereocenters. The zero-order valence-electron chi connectivity index (χ0n) is 17.6. The fourth-order valence-corrected chi connectivity index (χ4v) is 4.28. The third-order valence-corrected chi connectivity index (χ3v) is 5.97. The van der Waals surface area contributed by atoms with Gasteiger partial charge >= 0.3 is 0 Å². The van der Waals surface area contributed by atoms with Gasteiger partial charge in [0.15, 0.2) is 17.1 Å². The number of ether oxygens (including phenoxy) is 1. The molecule has 0 amide bonds. The number of hydrogen-bond acceptors (Lipinski definition) is 8. The Hall–Kier alpha value is -3.92. The molecule has 0 radical (unpaired) electrons. The van der Waals surface area contributed by atoms with Gasteiger partial charge < -0.3 is 14.9 Å². The molecular formula is C22H22N8O2. The highest BCUT2D eigenvalue weighted by atomic mass is 16.5. The van der Waals surface area contributed by atoms with Crippen molar-refractivity contribution in [3.8, 4) is 17.3 Å². The number of nitrogen functional groups attached to an aromatic ring is 1. The van der Waals surface area contributed by atoms with Gasteiger partial charge in [-0.1, -0.05) is 6.07 Å². The molecule has 0 saturated heterocycles. The van der Waals surface area contributed by atoms with Crippen LogP contribution in [0.1, 0.15) is 11.1 Å². The third-order valence-electron chi connectivity index (χ3n) is 5.97. The van der Waals surface area contributed by atoms with Crippen LogP contribution in [0.3, 0.4) is 0 Å². The van der Waals surface area contributed by atoms with Crippen LogP contribution in [0.15, 0.2) is 47.2 Å². The number of hydrogen-bond donors (Lipinski definition) is 1. The molecule has 0 atom stereocenters. The van der Waals surface area contributed by atoms with E-state index in [9.17, 15) is 0 Å². The fraction of sp³-hybridized carbons (Fsp3) is 0.273. The number of methoxy groups -OCH3 is 1. The number of anilines is 1. The number of nitrogens with two attached hydrogens (primary N) is 1. The number of furan rings is 1. The van der Waals surface area contributed by atoms with Crippen LogP contribution < -0.4 is 10.5 Å². The molecule has 0 saturated carbocycles. The molecule has 0 aliphatic carbocycles. The topological polar surface area (TPSA) is 113 Å². The fourth-order valence-electron chi connectivity index (χ4n) is 4.28. The van der Waals surface area contributed by atoms with E-state index in [1.54, 1.807) is 25.6 Å². The quantitative estimate of drug-likeness (QED) is 0.452. The van der Waals surface area contributed by atoms with Crippen LogP contribution in [0.2, 0.25) is 0 Å². The Morgan fingerprint density at radius 2 is 2.06 bits per heavy atom. The smallest absolute Gasteiger partial charge is 0.225 e. The Morgan fingerprint density at radius 3 is 2.91 bits per heavy atom. The first-order chi connectivity index (χ1) is 15.7. The zero-order valence-corrected chi connectivity index (χ0v) is 17.6. The summed E-state index contributed by atoms with van der Waals surface area (Å²) >= 11 is 0. The SMILES string of the molecule is COc1ccc2c(c1)CN(CCn1ncc3c1nc(N)n1nc(-c4ccco4)nc31)CC2. The predicted molar refractivity (Wildman–Crippen MR) is 118 cm³/mol. The van der Waals surface area contributed by atoms with Crippen molar-refractivity contribution in [2.45, 2.75) is 19.5 Å². The van der Waals surface area contributed by atoms with Crippen molar-refractivity contribution in [3.63, 3.8) is 0 Å². The van der Waals surface area contributed by atoms with Gasteiger partial charge in [0.25, 0.3) is 0 Å². The Kier molecular flexibility index (Phi) is 4.32. The summed E-state index contributed by atoms with van der Waals surface area (Å²) < 4.78 is 14.2. The zero-order chi connectivity index (χ0) is 21.7. The number of aromatic nitrogens is 6. The molecule has 4 aromatic heterocycles. The van der Waals surface area contributed by atoms with E-state index in [2.05, 4.69) is 37.2 Å². The number of nitrogens with zero attached hydrogens (tertiary/aromatic N) is 7. The molecule has 1 aliphatic heterocycles. The molecule has 2 N–H and O–H groups in total. The van der Waals surface area contributed by atoms with Crippen LogP contribution in [0.4, 0.5) is 5.95 Å². The second kappa shape index (κ2) is 7.34. The van der Waals surface area contributed by atoms with Gasteiger partial charge in [0.2, 0.25) is 11.8 Å². The molecule has 5 aromatic rings. The molecule has 10 nitrogen and oxygen atoms in total. The van der Waals surface area contributed by atoms with Crippen LogP contribution in [0.5, 0.6) is 5.75 Å². The average molecular weight is 430 g/mol. The van der Waals surface area contributed by atoms with Crippen molar-refractivity contribution in [1.29, 1.82) is 0 Å². The summed E-state index contributed by atoms with van der Waals surface area (Å²) in [7, 11) is 1.70. The molecule has 0 fully saturated rings. The maximum Gasteiger partial charge on any atom is 0.225 e. The van der Waals surface area contributed by atoms with Crippen LogP contribution in [-0.2, 0) is 19.5 Å².